The molecule has 0 aliphatic rings. The summed E-state index contributed by atoms with van der Waals surface area (Å²) in [6.45, 7) is 11.1. The highest BCUT2D eigenvalue weighted by Gasteiger charge is 2.33. The number of hydrogen-bond acceptors (Lipinski definition) is 6. The lowest BCUT2D eigenvalue weighted by molar-refractivity contribution is -0.142. The second kappa shape index (κ2) is 14.4. The van der Waals surface area contributed by atoms with Gasteiger partial charge in [0.05, 0.1) is 6.04 Å². The van der Waals surface area contributed by atoms with Gasteiger partial charge in [0.2, 0.25) is 17.7 Å². The molecule has 1 aromatic rings. The molecule has 10 nitrogen and oxygen atoms in total. The van der Waals surface area contributed by atoms with E-state index in [0.29, 0.717) is 18.4 Å². The molecule has 0 saturated carbocycles. The van der Waals surface area contributed by atoms with Gasteiger partial charge < -0.3 is 31.9 Å². The number of amides is 3. The number of carbonyl (C=O) groups is 4. The molecule has 0 aliphatic carbocycles. The van der Waals surface area contributed by atoms with E-state index in [1.54, 1.807) is 26.0 Å². The minimum atomic E-state index is -1.24. The second-order valence-corrected chi connectivity index (χ2v) is 10.1. The first kappa shape index (κ1) is 30.9. The minimum Gasteiger partial charge on any atom is -0.508 e. The molecule has 36 heavy (non-hydrogen) atoms. The van der Waals surface area contributed by atoms with Crippen molar-refractivity contribution in [3.63, 3.8) is 0 Å². The van der Waals surface area contributed by atoms with Gasteiger partial charge in [-0.15, -0.1) is 0 Å². The maximum Gasteiger partial charge on any atom is 0.326 e. The quantitative estimate of drug-likeness (QED) is 0.222. The van der Waals surface area contributed by atoms with Crippen LogP contribution in [-0.4, -0.2) is 58.1 Å². The molecule has 3 amide bonds. The van der Waals surface area contributed by atoms with Crippen LogP contribution in [0.2, 0.25) is 0 Å². The van der Waals surface area contributed by atoms with E-state index >= 15 is 0 Å². The van der Waals surface area contributed by atoms with Crippen molar-refractivity contribution in [1.82, 2.24) is 16.0 Å². The summed E-state index contributed by atoms with van der Waals surface area (Å²) >= 11 is 0. The fourth-order valence-electron chi connectivity index (χ4n) is 3.68. The third kappa shape index (κ3) is 9.85. The van der Waals surface area contributed by atoms with Gasteiger partial charge in [-0.25, -0.2) is 4.79 Å². The first-order valence-electron chi connectivity index (χ1n) is 12.4. The standard InChI is InChI=1S/C26H42N4O6/c1-7-16(6)22(30-23(32)19(27)12-14(2)3)25(34)29-21(15(4)5)24(33)28-20(26(35)36)13-17-8-10-18(31)11-9-17/h8-11,14-16,19-22,31H,7,12-13,27H2,1-6H3,(H,28,33)(H,29,34)(H,30,32)(H,35,36). The Morgan fingerprint density at radius 3 is 1.86 bits per heavy atom. The van der Waals surface area contributed by atoms with E-state index < -0.39 is 47.9 Å². The summed E-state index contributed by atoms with van der Waals surface area (Å²) in [6.07, 6.45) is 1.07. The first-order valence-corrected chi connectivity index (χ1v) is 12.4. The van der Waals surface area contributed by atoms with Crippen molar-refractivity contribution in [3.8, 4) is 5.75 Å². The molecule has 10 heteroatoms. The lowest BCUT2D eigenvalue weighted by Crippen LogP contribution is -2.60. The van der Waals surface area contributed by atoms with Crippen LogP contribution in [0.4, 0.5) is 0 Å². The van der Waals surface area contributed by atoms with Gasteiger partial charge in [-0.2, -0.15) is 0 Å². The van der Waals surface area contributed by atoms with E-state index in [1.807, 2.05) is 27.7 Å². The number of hydrogen-bond donors (Lipinski definition) is 6. The molecule has 0 heterocycles. The van der Waals surface area contributed by atoms with Gasteiger partial charge in [-0.05, 0) is 41.9 Å². The molecule has 0 radical (unpaired) electrons. The zero-order valence-corrected chi connectivity index (χ0v) is 22.1. The molecule has 1 aromatic carbocycles. The number of carbonyl (C=O) groups excluding carboxylic acids is 3. The molecule has 0 saturated heterocycles. The highest BCUT2D eigenvalue weighted by molar-refractivity contribution is 5.94. The normalized spacial score (nSPS) is 15.5. The number of nitrogens with one attached hydrogen (secondary N) is 3. The van der Waals surface area contributed by atoms with Gasteiger partial charge in [0.15, 0.2) is 0 Å². The Bertz CT molecular complexity index is 887. The van der Waals surface area contributed by atoms with Crippen LogP contribution in [0, 0.1) is 17.8 Å². The average Bonchev–Trinajstić information content (AvgIpc) is 2.80. The molecule has 5 atom stereocenters. The van der Waals surface area contributed by atoms with Crippen molar-refractivity contribution in [2.24, 2.45) is 23.5 Å². The van der Waals surface area contributed by atoms with Crippen molar-refractivity contribution < 1.29 is 29.4 Å². The monoisotopic (exact) mass is 506 g/mol. The Balaban J connectivity index is 2.99. The van der Waals surface area contributed by atoms with E-state index in [4.69, 9.17) is 5.73 Å². The van der Waals surface area contributed by atoms with Gasteiger partial charge in [-0.3, -0.25) is 14.4 Å². The number of phenolic OH excluding ortho intramolecular Hbond substituents is 1. The summed E-state index contributed by atoms with van der Waals surface area (Å²) in [6, 6.07) is 2.09. The summed E-state index contributed by atoms with van der Waals surface area (Å²) in [5, 5.41) is 27.0. The highest BCUT2D eigenvalue weighted by Crippen LogP contribution is 2.14. The van der Waals surface area contributed by atoms with Crippen LogP contribution >= 0.6 is 0 Å². The number of rotatable bonds is 14. The van der Waals surface area contributed by atoms with Gasteiger partial charge in [0, 0.05) is 6.42 Å². The lowest BCUT2D eigenvalue weighted by atomic mass is 9.95. The Labute approximate surface area is 213 Å². The van der Waals surface area contributed by atoms with Crippen LogP contribution in [-0.2, 0) is 25.6 Å². The minimum absolute atomic E-state index is 0.000589. The van der Waals surface area contributed by atoms with Crippen LogP contribution in [0.15, 0.2) is 24.3 Å². The summed E-state index contributed by atoms with van der Waals surface area (Å²) in [5.41, 5.74) is 6.60. The van der Waals surface area contributed by atoms with Crippen LogP contribution in [0.25, 0.3) is 0 Å². The number of phenols is 1. The van der Waals surface area contributed by atoms with Crippen molar-refractivity contribution in [2.75, 3.05) is 0 Å². The Kier molecular flexibility index (Phi) is 12.4. The van der Waals surface area contributed by atoms with Crippen molar-refractivity contribution in [2.45, 2.75) is 85.0 Å². The number of carboxylic acids is 1. The van der Waals surface area contributed by atoms with Gasteiger partial charge in [0.1, 0.15) is 23.9 Å². The molecule has 7 N–H and O–H groups in total. The molecule has 0 aromatic heterocycles. The molecule has 5 unspecified atom stereocenters. The van der Waals surface area contributed by atoms with Crippen LogP contribution in [0.5, 0.6) is 5.75 Å². The van der Waals surface area contributed by atoms with Crippen LogP contribution in [0.1, 0.15) is 59.9 Å². The first-order chi connectivity index (χ1) is 16.8. The summed E-state index contributed by atoms with van der Waals surface area (Å²) in [5.74, 6) is -3.16. The predicted octanol–water partition coefficient (Wildman–Crippen LogP) is 1.55. The zero-order valence-electron chi connectivity index (χ0n) is 22.1. The van der Waals surface area contributed by atoms with Crippen molar-refractivity contribution >= 4 is 23.7 Å². The molecule has 0 bridgehead atoms. The Morgan fingerprint density at radius 2 is 1.39 bits per heavy atom. The van der Waals surface area contributed by atoms with Gasteiger partial charge >= 0.3 is 5.97 Å². The molecule has 1 rings (SSSR count). The molecule has 0 aliphatic heterocycles. The molecule has 0 spiro atoms. The number of aromatic hydroxyl groups is 1. The van der Waals surface area contributed by atoms with Crippen LogP contribution in [0.3, 0.4) is 0 Å². The van der Waals surface area contributed by atoms with E-state index in [-0.39, 0.29) is 29.9 Å². The van der Waals surface area contributed by atoms with Gasteiger partial charge in [0.25, 0.3) is 0 Å². The molecule has 0 fully saturated rings. The number of benzene rings is 1. The molecule has 202 valence electrons. The van der Waals surface area contributed by atoms with E-state index in [2.05, 4.69) is 16.0 Å². The SMILES string of the molecule is CCC(C)C(NC(=O)C(N)CC(C)C)C(=O)NC(C(=O)NC(Cc1ccc(O)cc1)C(=O)O)C(C)C. The zero-order chi connectivity index (χ0) is 27.6. The third-order valence-corrected chi connectivity index (χ3v) is 6.09. The molecular formula is C26H42N4O6. The smallest absolute Gasteiger partial charge is 0.326 e. The lowest BCUT2D eigenvalue weighted by Gasteiger charge is -2.29. The second-order valence-electron chi connectivity index (χ2n) is 10.1. The fourth-order valence-corrected chi connectivity index (χ4v) is 3.68. The maximum absolute atomic E-state index is 13.2. The molecular weight excluding hydrogens is 464 g/mol. The Morgan fingerprint density at radius 1 is 0.861 bits per heavy atom. The fraction of sp³-hybridized carbons (Fsp3) is 0.615. The number of nitrogens with two attached hydrogens (primary N) is 1. The highest BCUT2D eigenvalue weighted by atomic mass is 16.4. The van der Waals surface area contributed by atoms with E-state index in [1.165, 1.54) is 12.1 Å². The summed E-state index contributed by atoms with van der Waals surface area (Å²) in [4.78, 5) is 50.7. The van der Waals surface area contributed by atoms with Crippen molar-refractivity contribution in [3.05, 3.63) is 29.8 Å². The predicted molar refractivity (Wildman–Crippen MR) is 137 cm³/mol. The maximum atomic E-state index is 13.2. The Hall–Kier alpha value is -3.14. The number of carboxylic acid groups (broad SMARTS) is 1. The van der Waals surface area contributed by atoms with Crippen molar-refractivity contribution in [1.29, 1.82) is 0 Å². The topological polar surface area (TPSA) is 171 Å². The average molecular weight is 507 g/mol. The largest absolute Gasteiger partial charge is 0.508 e. The summed E-state index contributed by atoms with van der Waals surface area (Å²) in [7, 11) is 0. The van der Waals surface area contributed by atoms with E-state index in [9.17, 15) is 29.4 Å². The van der Waals surface area contributed by atoms with E-state index in [0.717, 1.165) is 0 Å². The third-order valence-electron chi connectivity index (χ3n) is 6.09. The number of aliphatic carboxylic acids is 1. The summed E-state index contributed by atoms with van der Waals surface area (Å²) < 4.78 is 0. The van der Waals surface area contributed by atoms with Gasteiger partial charge in [-0.1, -0.05) is 60.1 Å². The van der Waals surface area contributed by atoms with Crippen LogP contribution < -0.4 is 21.7 Å².